The predicted molar refractivity (Wildman–Crippen MR) is 222 cm³/mol. The number of amides is 4. The predicted octanol–water partition coefficient (Wildman–Crippen LogP) is 9.27. The van der Waals surface area contributed by atoms with E-state index in [0.29, 0.717) is 49.1 Å². The van der Waals surface area contributed by atoms with Gasteiger partial charge in [0.05, 0.1) is 0 Å². The number of hydrogen-bond donors (Lipinski definition) is 2. The number of nitrogens with one attached hydrogen (secondary N) is 2. The SMILES string of the molecule is CC(C)(C)OC(=O)N1C(C(=O)Nc2ccc(CN(Cc3ccc(NC(=O)C4CC5CCCC5N4C(=O)OC(C)(C)C)cc3)c3ccc(F)cc3)cc2)CC2CCCC21. The Morgan fingerprint density at radius 3 is 1.40 bits per heavy atom. The lowest BCUT2D eigenvalue weighted by molar-refractivity contribution is -0.121. The number of fused-ring (bicyclic) bond motifs is 2. The Labute approximate surface area is 341 Å². The molecule has 3 aromatic rings. The van der Waals surface area contributed by atoms with E-state index in [1.165, 1.54) is 12.1 Å². The Kier molecular flexibility index (Phi) is 11.8. The van der Waals surface area contributed by atoms with Gasteiger partial charge in [-0.25, -0.2) is 14.0 Å². The molecule has 6 atom stereocenters. The van der Waals surface area contributed by atoms with E-state index < -0.39 is 35.5 Å². The molecule has 0 bridgehead atoms. The molecule has 4 fully saturated rings. The number of carbonyl (C=O) groups excluding carboxylic acids is 4. The molecular weight excluding hydrogens is 738 g/mol. The molecule has 58 heavy (non-hydrogen) atoms. The Hall–Kier alpha value is -5.13. The zero-order valence-corrected chi connectivity index (χ0v) is 34.6. The Morgan fingerprint density at radius 1 is 0.621 bits per heavy atom. The topological polar surface area (TPSA) is 121 Å². The summed E-state index contributed by atoms with van der Waals surface area (Å²) in [4.78, 5) is 59.3. The molecule has 2 saturated heterocycles. The number of nitrogens with zero attached hydrogens (tertiary/aromatic N) is 3. The van der Waals surface area contributed by atoms with Gasteiger partial charge in [-0.05, 0) is 152 Å². The van der Waals surface area contributed by atoms with E-state index >= 15 is 0 Å². The van der Waals surface area contributed by atoms with Gasteiger partial charge in [-0.3, -0.25) is 19.4 Å². The van der Waals surface area contributed by atoms with Gasteiger partial charge in [-0.1, -0.05) is 37.1 Å². The van der Waals surface area contributed by atoms with Crippen molar-refractivity contribution >= 4 is 41.1 Å². The van der Waals surface area contributed by atoms with Crippen LogP contribution in [0.15, 0.2) is 72.8 Å². The molecule has 2 heterocycles. The van der Waals surface area contributed by atoms with Gasteiger partial charge in [0.2, 0.25) is 11.8 Å². The van der Waals surface area contributed by atoms with Crippen LogP contribution in [0, 0.1) is 17.7 Å². The molecule has 12 heteroatoms. The summed E-state index contributed by atoms with van der Waals surface area (Å²) in [5.74, 6) is -0.160. The number of hydrogen-bond acceptors (Lipinski definition) is 7. The maximum Gasteiger partial charge on any atom is 0.411 e. The number of anilines is 3. The van der Waals surface area contributed by atoms with E-state index in [1.54, 1.807) is 21.9 Å². The van der Waals surface area contributed by atoms with Gasteiger partial charge in [0, 0.05) is 42.2 Å². The summed E-state index contributed by atoms with van der Waals surface area (Å²) in [7, 11) is 0. The standard InChI is InChI=1S/C46H58FN5O6/c1-45(2,3)57-43(55)51-37-11-7-9-31(37)25-39(51)41(53)48-34-19-13-29(14-20-34)27-50(36-23-17-33(47)18-24-36)28-30-15-21-35(22-16-30)49-42(54)40-26-32-10-8-12-38(32)52(40)44(56)58-46(4,5)6/h13-24,31-32,37-40H,7-12,25-28H2,1-6H3,(H,48,53)(H,49,54). The van der Waals surface area contributed by atoms with Gasteiger partial charge in [0.15, 0.2) is 0 Å². The molecule has 4 amide bonds. The van der Waals surface area contributed by atoms with Crippen LogP contribution in [0.2, 0.25) is 0 Å². The fourth-order valence-electron chi connectivity index (χ4n) is 9.37. The lowest BCUT2D eigenvalue weighted by Gasteiger charge is -2.31. The summed E-state index contributed by atoms with van der Waals surface area (Å²) in [5.41, 5.74) is 2.75. The van der Waals surface area contributed by atoms with Crippen molar-refractivity contribution in [3.63, 3.8) is 0 Å². The Bertz CT molecular complexity index is 1840. The monoisotopic (exact) mass is 795 g/mol. The van der Waals surface area contributed by atoms with Crippen molar-refractivity contribution in [1.29, 1.82) is 0 Å². The maximum atomic E-state index is 14.0. The summed E-state index contributed by atoms with van der Waals surface area (Å²) >= 11 is 0. The number of likely N-dealkylation sites (tertiary alicyclic amines) is 2. The molecule has 0 spiro atoms. The quantitative estimate of drug-likeness (QED) is 0.222. The number of halogens is 1. The average molecular weight is 796 g/mol. The number of ether oxygens (including phenoxy) is 2. The number of carbonyl (C=O) groups is 4. The lowest BCUT2D eigenvalue weighted by Crippen LogP contribution is -2.48. The van der Waals surface area contributed by atoms with Crippen LogP contribution in [0.1, 0.15) is 104 Å². The molecule has 2 aliphatic heterocycles. The summed E-state index contributed by atoms with van der Waals surface area (Å²) in [6.07, 6.45) is 6.24. The first-order chi connectivity index (χ1) is 27.5. The normalized spacial score (nSPS) is 23.9. The minimum absolute atomic E-state index is 0.0220. The average Bonchev–Trinajstić information content (AvgIpc) is 3.94. The van der Waals surface area contributed by atoms with E-state index in [0.717, 1.165) is 55.3 Å². The van der Waals surface area contributed by atoms with Crippen LogP contribution in [-0.4, -0.2) is 69.2 Å². The highest BCUT2D eigenvalue weighted by Crippen LogP contribution is 2.43. The second-order valence-corrected chi connectivity index (χ2v) is 18.5. The van der Waals surface area contributed by atoms with Crippen molar-refractivity contribution in [3.8, 4) is 0 Å². The highest BCUT2D eigenvalue weighted by molar-refractivity contribution is 5.98. The van der Waals surface area contributed by atoms with E-state index in [9.17, 15) is 23.6 Å². The fraction of sp³-hybridized carbons (Fsp3) is 0.522. The third-order valence-electron chi connectivity index (χ3n) is 11.9. The molecule has 0 aromatic heterocycles. The molecule has 0 radical (unpaired) electrons. The molecule has 11 nitrogen and oxygen atoms in total. The van der Waals surface area contributed by atoms with Crippen molar-refractivity contribution < 1.29 is 33.0 Å². The minimum Gasteiger partial charge on any atom is -0.444 e. The molecule has 7 rings (SSSR count). The highest BCUT2D eigenvalue weighted by atomic mass is 19.1. The van der Waals surface area contributed by atoms with Gasteiger partial charge in [-0.2, -0.15) is 0 Å². The molecule has 310 valence electrons. The van der Waals surface area contributed by atoms with Crippen molar-refractivity contribution in [2.75, 3.05) is 15.5 Å². The summed E-state index contributed by atoms with van der Waals surface area (Å²) in [6.45, 7) is 12.0. The summed E-state index contributed by atoms with van der Waals surface area (Å²) in [6, 6.07) is 20.5. The van der Waals surface area contributed by atoms with Crippen molar-refractivity contribution in [2.45, 2.75) is 141 Å². The van der Waals surface area contributed by atoms with E-state index in [1.807, 2.05) is 90.1 Å². The smallest absolute Gasteiger partial charge is 0.411 e. The number of benzene rings is 3. The van der Waals surface area contributed by atoms with Crippen LogP contribution in [0.5, 0.6) is 0 Å². The molecule has 3 aromatic carbocycles. The maximum absolute atomic E-state index is 14.0. The van der Waals surface area contributed by atoms with Crippen LogP contribution >= 0.6 is 0 Å². The summed E-state index contributed by atoms with van der Waals surface area (Å²) in [5, 5.41) is 6.09. The zero-order chi connectivity index (χ0) is 41.4. The van der Waals surface area contributed by atoms with Crippen LogP contribution < -0.4 is 15.5 Å². The van der Waals surface area contributed by atoms with E-state index in [2.05, 4.69) is 15.5 Å². The first-order valence-electron chi connectivity index (χ1n) is 20.8. The third kappa shape index (κ3) is 9.59. The highest BCUT2D eigenvalue weighted by Gasteiger charge is 2.51. The van der Waals surface area contributed by atoms with Gasteiger partial charge < -0.3 is 25.0 Å². The van der Waals surface area contributed by atoms with Crippen molar-refractivity contribution in [3.05, 3.63) is 89.7 Å². The second kappa shape index (κ2) is 16.6. The van der Waals surface area contributed by atoms with Gasteiger partial charge >= 0.3 is 12.2 Å². The molecule has 6 unspecified atom stereocenters. The van der Waals surface area contributed by atoms with E-state index in [-0.39, 0.29) is 29.7 Å². The summed E-state index contributed by atoms with van der Waals surface area (Å²) < 4.78 is 25.4. The Balaban J connectivity index is 0.998. The molecule has 2 aliphatic carbocycles. The van der Waals surface area contributed by atoms with Crippen LogP contribution in [-0.2, 0) is 32.2 Å². The van der Waals surface area contributed by atoms with E-state index in [4.69, 9.17) is 9.47 Å². The third-order valence-corrected chi connectivity index (χ3v) is 11.9. The first-order valence-corrected chi connectivity index (χ1v) is 20.8. The van der Waals surface area contributed by atoms with Crippen LogP contribution in [0.25, 0.3) is 0 Å². The molecular formula is C46H58FN5O6. The van der Waals surface area contributed by atoms with Gasteiger partial charge in [0.1, 0.15) is 29.1 Å². The minimum atomic E-state index is -0.656. The lowest BCUT2D eigenvalue weighted by atomic mass is 10.0. The molecule has 2 saturated carbocycles. The molecule has 4 aliphatic rings. The van der Waals surface area contributed by atoms with Gasteiger partial charge in [-0.15, -0.1) is 0 Å². The van der Waals surface area contributed by atoms with Crippen molar-refractivity contribution in [1.82, 2.24) is 9.80 Å². The van der Waals surface area contributed by atoms with Crippen molar-refractivity contribution in [2.24, 2.45) is 11.8 Å². The van der Waals surface area contributed by atoms with Crippen LogP contribution in [0.4, 0.5) is 31.0 Å². The number of rotatable bonds is 9. The largest absolute Gasteiger partial charge is 0.444 e. The second-order valence-electron chi connectivity index (χ2n) is 18.5. The Morgan fingerprint density at radius 2 is 1.02 bits per heavy atom. The zero-order valence-electron chi connectivity index (χ0n) is 34.6. The molecule has 2 N–H and O–H groups in total. The fourth-order valence-corrected chi connectivity index (χ4v) is 9.37. The van der Waals surface area contributed by atoms with Gasteiger partial charge in [0.25, 0.3) is 0 Å². The van der Waals surface area contributed by atoms with Crippen LogP contribution in [0.3, 0.4) is 0 Å². The first kappa shape index (κ1) is 41.0.